The first-order chi connectivity index (χ1) is 11.3. The van der Waals surface area contributed by atoms with Crippen molar-refractivity contribution in [2.75, 3.05) is 13.2 Å². The molecule has 0 spiro atoms. The van der Waals surface area contributed by atoms with Crippen molar-refractivity contribution in [3.63, 3.8) is 0 Å². The fourth-order valence-corrected chi connectivity index (χ4v) is 4.50. The molecule has 0 saturated carbocycles. The van der Waals surface area contributed by atoms with Crippen molar-refractivity contribution in [3.8, 4) is 0 Å². The second kappa shape index (κ2) is 10.2. The van der Waals surface area contributed by atoms with E-state index >= 15 is 0 Å². The van der Waals surface area contributed by atoms with Crippen LogP contribution in [0.2, 0.25) is 0 Å². The fourth-order valence-electron chi connectivity index (χ4n) is 3.29. The Hall–Kier alpha value is -0.900. The van der Waals surface area contributed by atoms with Gasteiger partial charge in [0.15, 0.2) is 0 Å². The number of hydrogen-bond acceptors (Lipinski definition) is 4. The molecule has 1 aliphatic rings. The summed E-state index contributed by atoms with van der Waals surface area (Å²) < 4.78 is 16.8. The van der Waals surface area contributed by atoms with E-state index in [0.717, 1.165) is 18.9 Å². The number of carboxylic acids is 1. The van der Waals surface area contributed by atoms with Gasteiger partial charge >= 0.3 is 146 Å². The summed E-state index contributed by atoms with van der Waals surface area (Å²) in [5.74, 6) is -0.554. The van der Waals surface area contributed by atoms with Crippen LogP contribution in [-0.4, -0.2) is 24.3 Å². The van der Waals surface area contributed by atoms with E-state index in [9.17, 15) is 4.79 Å². The third kappa shape index (κ3) is 6.92. The number of carbonyl (C=O) groups is 1. The van der Waals surface area contributed by atoms with Crippen LogP contribution in [0.5, 0.6) is 0 Å². The van der Waals surface area contributed by atoms with Crippen LogP contribution >= 0.6 is 8.60 Å². The summed E-state index contributed by atoms with van der Waals surface area (Å²) in [5, 5.41) is 9.11. The molecule has 24 heavy (non-hydrogen) atoms. The van der Waals surface area contributed by atoms with E-state index in [2.05, 4.69) is 20.8 Å². The SMILES string of the molecule is CCO[PH2](OCC)OC(=CC(=O)O)CCC1=C(C)CCCC1(C)C. The molecule has 0 heterocycles. The third-order valence-corrected chi connectivity index (χ3v) is 6.15. The first-order valence-electron chi connectivity index (χ1n) is 8.82. The van der Waals surface area contributed by atoms with Gasteiger partial charge in [0.1, 0.15) is 0 Å². The van der Waals surface area contributed by atoms with Crippen LogP contribution in [-0.2, 0) is 18.4 Å². The molecule has 6 heteroatoms. The molecule has 0 aromatic carbocycles. The molecule has 140 valence electrons. The number of rotatable bonds is 10. The molecule has 1 N–H and O–H groups in total. The van der Waals surface area contributed by atoms with Crippen molar-refractivity contribution in [1.29, 1.82) is 0 Å². The van der Waals surface area contributed by atoms with Gasteiger partial charge < -0.3 is 0 Å². The molecule has 0 atom stereocenters. The van der Waals surface area contributed by atoms with Gasteiger partial charge in [-0.3, -0.25) is 0 Å². The Morgan fingerprint density at radius 3 is 2.42 bits per heavy atom. The molecular formula is C18H33O5P. The first kappa shape index (κ1) is 21.1. The normalized spacial score (nSPS) is 18.5. The number of allylic oxidation sites excluding steroid dienone is 3. The Kier molecular flexibility index (Phi) is 8.96. The van der Waals surface area contributed by atoms with Gasteiger partial charge in [0, 0.05) is 0 Å². The summed E-state index contributed by atoms with van der Waals surface area (Å²) in [4.78, 5) is 11.1. The van der Waals surface area contributed by atoms with Crippen molar-refractivity contribution in [2.24, 2.45) is 5.41 Å². The predicted molar refractivity (Wildman–Crippen MR) is 99.3 cm³/mol. The third-order valence-electron chi connectivity index (χ3n) is 4.44. The topological polar surface area (TPSA) is 65.0 Å². The van der Waals surface area contributed by atoms with Crippen LogP contribution in [0.25, 0.3) is 0 Å². The van der Waals surface area contributed by atoms with Crippen LogP contribution < -0.4 is 0 Å². The molecule has 0 bridgehead atoms. The molecule has 5 nitrogen and oxygen atoms in total. The average molecular weight is 360 g/mol. The summed E-state index contributed by atoms with van der Waals surface area (Å²) in [6, 6.07) is 0. The van der Waals surface area contributed by atoms with Crippen molar-refractivity contribution < 1.29 is 23.5 Å². The van der Waals surface area contributed by atoms with Crippen LogP contribution in [0.15, 0.2) is 23.0 Å². The van der Waals surface area contributed by atoms with E-state index in [0.29, 0.717) is 25.4 Å². The second-order valence-electron chi connectivity index (χ2n) is 6.76. The fraction of sp³-hybridized carbons (Fsp3) is 0.722. The molecular weight excluding hydrogens is 327 g/mol. The van der Waals surface area contributed by atoms with E-state index in [4.69, 9.17) is 18.7 Å². The molecule has 1 aliphatic carbocycles. The Bertz CT molecular complexity index is 476. The monoisotopic (exact) mass is 360 g/mol. The van der Waals surface area contributed by atoms with Gasteiger partial charge in [-0.25, -0.2) is 0 Å². The molecule has 0 radical (unpaired) electrons. The van der Waals surface area contributed by atoms with Gasteiger partial charge in [-0.15, -0.1) is 0 Å². The van der Waals surface area contributed by atoms with Gasteiger partial charge in [0.25, 0.3) is 0 Å². The Morgan fingerprint density at radius 1 is 1.29 bits per heavy atom. The Morgan fingerprint density at radius 2 is 1.92 bits per heavy atom. The summed E-state index contributed by atoms with van der Waals surface area (Å²) in [7, 11) is -2.32. The first-order valence-corrected chi connectivity index (χ1v) is 10.2. The Labute approximate surface area is 147 Å². The zero-order valence-electron chi connectivity index (χ0n) is 15.7. The van der Waals surface area contributed by atoms with E-state index in [1.807, 2.05) is 13.8 Å². The second-order valence-corrected chi connectivity index (χ2v) is 8.24. The van der Waals surface area contributed by atoms with Crippen LogP contribution in [0, 0.1) is 5.41 Å². The van der Waals surface area contributed by atoms with Gasteiger partial charge in [0.05, 0.1) is 0 Å². The quantitative estimate of drug-likeness (QED) is 0.256. The van der Waals surface area contributed by atoms with Crippen molar-refractivity contribution in [2.45, 2.75) is 66.7 Å². The maximum absolute atomic E-state index is 11.1. The van der Waals surface area contributed by atoms with E-state index in [1.54, 1.807) is 0 Å². The maximum atomic E-state index is 11.1. The van der Waals surface area contributed by atoms with E-state index < -0.39 is 14.6 Å². The van der Waals surface area contributed by atoms with Gasteiger partial charge in [-0.05, 0) is 0 Å². The predicted octanol–water partition coefficient (Wildman–Crippen LogP) is 5.04. The summed E-state index contributed by atoms with van der Waals surface area (Å²) in [6.45, 7) is 11.5. The van der Waals surface area contributed by atoms with Gasteiger partial charge in [-0.1, -0.05) is 0 Å². The molecule has 0 aromatic rings. The average Bonchev–Trinajstić information content (AvgIpc) is 2.45. The minimum atomic E-state index is -2.32. The zero-order chi connectivity index (χ0) is 18.2. The Balaban J connectivity index is 2.81. The van der Waals surface area contributed by atoms with E-state index in [1.165, 1.54) is 24.0 Å². The minimum absolute atomic E-state index is 0.174. The van der Waals surface area contributed by atoms with Gasteiger partial charge in [-0.2, -0.15) is 0 Å². The molecule has 0 unspecified atom stereocenters. The van der Waals surface area contributed by atoms with E-state index in [-0.39, 0.29) is 5.41 Å². The van der Waals surface area contributed by atoms with Crippen molar-refractivity contribution in [1.82, 2.24) is 0 Å². The van der Waals surface area contributed by atoms with Gasteiger partial charge in [0.2, 0.25) is 0 Å². The number of hydrogen-bond donors (Lipinski definition) is 1. The van der Waals surface area contributed by atoms with Crippen LogP contribution in [0.1, 0.15) is 66.7 Å². The molecule has 1 rings (SSSR count). The molecule has 0 aliphatic heterocycles. The zero-order valence-corrected chi connectivity index (χ0v) is 16.8. The van der Waals surface area contributed by atoms with Crippen LogP contribution in [0.3, 0.4) is 0 Å². The summed E-state index contributed by atoms with van der Waals surface area (Å²) in [5.41, 5.74) is 3.04. The summed E-state index contributed by atoms with van der Waals surface area (Å²) in [6.07, 6.45) is 6.05. The molecule has 0 aromatic heterocycles. The number of aliphatic carboxylic acids is 1. The summed E-state index contributed by atoms with van der Waals surface area (Å²) >= 11 is 0. The molecule has 0 saturated heterocycles. The molecule has 0 fully saturated rings. The number of carboxylic acid groups (broad SMARTS) is 1. The van der Waals surface area contributed by atoms with Crippen molar-refractivity contribution in [3.05, 3.63) is 23.0 Å². The van der Waals surface area contributed by atoms with Crippen LogP contribution in [0.4, 0.5) is 0 Å². The standard InChI is InChI=1S/C18H33O5P/c1-6-21-24(22-7-2)23-15(13-17(19)20)10-11-16-14(3)9-8-12-18(16,4)5/h13H,6-12,24H2,1-5H3,(H,19,20). The molecule has 0 amide bonds. The van der Waals surface area contributed by atoms with Crippen molar-refractivity contribution >= 4 is 14.6 Å².